The molecule has 0 unspecified atom stereocenters. The molecule has 2 N–H and O–H groups in total. The van der Waals surface area contributed by atoms with E-state index < -0.39 is 5.97 Å². The van der Waals surface area contributed by atoms with Crippen molar-refractivity contribution in [2.45, 2.75) is 39.2 Å². The highest BCUT2D eigenvalue weighted by Crippen LogP contribution is 2.31. The lowest BCUT2D eigenvalue weighted by Gasteiger charge is -2.11. The third-order valence-corrected chi connectivity index (χ3v) is 5.85. The molecule has 0 amide bonds. The predicted molar refractivity (Wildman–Crippen MR) is 133 cm³/mol. The molecule has 0 aliphatic carbocycles. The van der Waals surface area contributed by atoms with Crippen molar-refractivity contribution in [2.24, 2.45) is 0 Å². The highest BCUT2D eigenvalue weighted by Gasteiger charge is 2.25. The molecule has 0 fully saturated rings. The van der Waals surface area contributed by atoms with E-state index >= 15 is 0 Å². The Morgan fingerprint density at radius 3 is 2.44 bits per heavy atom. The van der Waals surface area contributed by atoms with E-state index in [1.54, 1.807) is 14.2 Å². The smallest absolute Gasteiger partial charge is 0.344 e. The number of esters is 1. The molecule has 0 aliphatic heterocycles. The fourth-order valence-corrected chi connectivity index (χ4v) is 4.01. The molecule has 0 spiro atoms. The summed E-state index contributed by atoms with van der Waals surface area (Å²) < 4.78 is 18.1. The molecule has 4 aromatic rings. The van der Waals surface area contributed by atoms with E-state index in [1.165, 1.54) is 0 Å². The first-order valence-corrected chi connectivity index (χ1v) is 11.5. The monoisotopic (exact) mass is 462 g/mol. The Balaban J connectivity index is 1.71. The van der Waals surface area contributed by atoms with Gasteiger partial charge < -0.3 is 24.5 Å². The average molecular weight is 463 g/mol. The lowest BCUT2D eigenvalue weighted by Crippen LogP contribution is -2.11. The van der Waals surface area contributed by atoms with Crippen LogP contribution in [0, 0.1) is 0 Å². The standard InChI is InChI=1S/C26H30N4O4/c1-4-5-8-15-34-26(31)22-23-25(29-19-10-7-6-9-18(19)28-23)30(24(22)27)14-13-17-11-12-20(32-2)21(16-17)33-3/h6-7,9-12,16H,4-5,8,13-15,27H2,1-3H3. The number of nitrogens with zero attached hydrogens (tertiary/aromatic N) is 3. The number of hydrogen-bond acceptors (Lipinski definition) is 7. The highest BCUT2D eigenvalue weighted by atomic mass is 16.5. The Hall–Kier alpha value is -3.81. The minimum atomic E-state index is -0.465. The lowest BCUT2D eigenvalue weighted by molar-refractivity contribution is 0.0501. The summed E-state index contributed by atoms with van der Waals surface area (Å²) in [5.74, 6) is 1.18. The second-order valence-corrected chi connectivity index (χ2v) is 8.08. The minimum absolute atomic E-state index is 0.275. The molecule has 2 aromatic carbocycles. The molecular formula is C26H30N4O4. The quantitative estimate of drug-likeness (QED) is 0.267. The predicted octanol–water partition coefficient (Wildman–Crippen LogP) is 4.77. The maximum absolute atomic E-state index is 13.0. The van der Waals surface area contributed by atoms with Crippen molar-refractivity contribution in [1.29, 1.82) is 0 Å². The van der Waals surface area contributed by atoms with Gasteiger partial charge in [0.25, 0.3) is 0 Å². The van der Waals surface area contributed by atoms with Crippen LogP contribution in [-0.4, -0.2) is 41.3 Å². The number of benzene rings is 2. The SMILES string of the molecule is CCCCCOC(=O)c1c(N)n(CCc2ccc(OC)c(OC)c2)c2nc3ccccc3nc12. The molecule has 4 rings (SSSR count). The Morgan fingerprint density at radius 1 is 1.00 bits per heavy atom. The van der Waals surface area contributed by atoms with Crippen molar-refractivity contribution in [3.8, 4) is 11.5 Å². The summed E-state index contributed by atoms with van der Waals surface area (Å²) >= 11 is 0. The first kappa shape index (κ1) is 23.4. The number of anilines is 1. The Morgan fingerprint density at radius 2 is 1.74 bits per heavy atom. The first-order chi connectivity index (χ1) is 16.6. The van der Waals surface area contributed by atoms with Crippen LogP contribution < -0.4 is 15.2 Å². The van der Waals surface area contributed by atoms with Crippen molar-refractivity contribution in [3.05, 3.63) is 53.6 Å². The Kier molecular flexibility index (Phi) is 7.15. The number of nitrogens with two attached hydrogens (primary N) is 1. The number of aromatic nitrogens is 3. The molecule has 2 aromatic heterocycles. The summed E-state index contributed by atoms with van der Waals surface area (Å²) in [7, 11) is 3.22. The van der Waals surface area contributed by atoms with Gasteiger partial charge >= 0.3 is 5.97 Å². The van der Waals surface area contributed by atoms with Crippen LogP contribution in [0.25, 0.3) is 22.2 Å². The Labute approximate surface area is 198 Å². The summed E-state index contributed by atoms with van der Waals surface area (Å²) in [4.78, 5) is 22.5. The first-order valence-electron chi connectivity index (χ1n) is 11.5. The van der Waals surface area contributed by atoms with Gasteiger partial charge in [-0.05, 0) is 42.7 Å². The largest absolute Gasteiger partial charge is 0.493 e. The van der Waals surface area contributed by atoms with E-state index in [0.29, 0.717) is 53.6 Å². The highest BCUT2D eigenvalue weighted by molar-refractivity contribution is 6.08. The number of fused-ring (bicyclic) bond motifs is 2. The van der Waals surface area contributed by atoms with E-state index in [-0.39, 0.29) is 5.56 Å². The molecule has 0 radical (unpaired) electrons. The second kappa shape index (κ2) is 10.4. The van der Waals surface area contributed by atoms with Crippen LogP contribution in [0.1, 0.15) is 42.1 Å². The maximum Gasteiger partial charge on any atom is 0.344 e. The molecule has 34 heavy (non-hydrogen) atoms. The van der Waals surface area contributed by atoms with Crippen molar-refractivity contribution in [2.75, 3.05) is 26.6 Å². The van der Waals surface area contributed by atoms with Gasteiger partial charge in [-0.2, -0.15) is 0 Å². The van der Waals surface area contributed by atoms with E-state index in [1.807, 2.05) is 47.0 Å². The number of carbonyl (C=O) groups excluding carboxylic acids is 1. The molecule has 0 saturated carbocycles. The average Bonchev–Trinajstić information content (AvgIpc) is 3.13. The van der Waals surface area contributed by atoms with Gasteiger partial charge in [0.05, 0.1) is 31.9 Å². The maximum atomic E-state index is 13.0. The van der Waals surface area contributed by atoms with Gasteiger partial charge in [0.2, 0.25) is 0 Å². The fourth-order valence-electron chi connectivity index (χ4n) is 4.01. The summed E-state index contributed by atoms with van der Waals surface area (Å²) in [6.45, 7) is 2.96. The second-order valence-electron chi connectivity index (χ2n) is 8.08. The minimum Gasteiger partial charge on any atom is -0.493 e. The number of hydrogen-bond donors (Lipinski definition) is 1. The number of para-hydroxylation sites is 2. The Bertz CT molecular complexity index is 1320. The van der Waals surface area contributed by atoms with Crippen LogP contribution in [0.3, 0.4) is 0 Å². The number of methoxy groups -OCH3 is 2. The summed E-state index contributed by atoms with van der Waals surface area (Å²) in [6, 6.07) is 13.4. The van der Waals surface area contributed by atoms with Gasteiger partial charge in [-0.25, -0.2) is 14.8 Å². The molecule has 0 bridgehead atoms. The summed E-state index contributed by atoms with van der Waals surface area (Å²) in [6.07, 6.45) is 3.51. The lowest BCUT2D eigenvalue weighted by atomic mass is 10.1. The van der Waals surface area contributed by atoms with Crippen molar-refractivity contribution < 1.29 is 19.0 Å². The van der Waals surface area contributed by atoms with Crippen molar-refractivity contribution in [3.63, 3.8) is 0 Å². The summed E-state index contributed by atoms with van der Waals surface area (Å²) in [5.41, 5.74) is 10.3. The zero-order valence-electron chi connectivity index (χ0n) is 19.8. The van der Waals surface area contributed by atoms with Crippen LogP contribution in [0.5, 0.6) is 11.5 Å². The molecule has 2 heterocycles. The number of ether oxygens (including phenoxy) is 3. The zero-order chi connectivity index (χ0) is 24.1. The van der Waals surface area contributed by atoms with Gasteiger partial charge in [-0.15, -0.1) is 0 Å². The number of unbranched alkanes of at least 4 members (excludes halogenated alkanes) is 2. The van der Waals surface area contributed by atoms with Gasteiger partial charge in [0.1, 0.15) is 16.9 Å². The number of rotatable bonds is 10. The van der Waals surface area contributed by atoms with Gasteiger partial charge in [0.15, 0.2) is 17.1 Å². The van der Waals surface area contributed by atoms with Crippen molar-refractivity contribution in [1.82, 2.24) is 14.5 Å². The van der Waals surface area contributed by atoms with Gasteiger partial charge in [0, 0.05) is 6.54 Å². The van der Waals surface area contributed by atoms with Gasteiger partial charge in [-0.3, -0.25) is 0 Å². The van der Waals surface area contributed by atoms with Crippen LogP contribution >= 0.6 is 0 Å². The molecule has 0 saturated heterocycles. The molecule has 8 heteroatoms. The van der Waals surface area contributed by atoms with Crippen LogP contribution in [0.2, 0.25) is 0 Å². The number of aryl methyl sites for hydroxylation is 2. The van der Waals surface area contributed by atoms with Crippen molar-refractivity contribution >= 4 is 34.0 Å². The van der Waals surface area contributed by atoms with E-state index in [0.717, 1.165) is 30.3 Å². The van der Waals surface area contributed by atoms with E-state index in [9.17, 15) is 4.79 Å². The number of nitrogen functional groups attached to an aromatic ring is 1. The van der Waals surface area contributed by atoms with Gasteiger partial charge in [-0.1, -0.05) is 38.0 Å². The third kappa shape index (κ3) is 4.62. The molecule has 0 atom stereocenters. The third-order valence-electron chi connectivity index (χ3n) is 5.85. The van der Waals surface area contributed by atoms with Crippen LogP contribution in [-0.2, 0) is 17.7 Å². The zero-order valence-corrected chi connectivity index (χ0v) is 19.8. The fraction of sp³-hybridized carbons (Fsp3) is 0.346. The molecular weight excluding hydrogens is 432 g/mol. The summed E-state index contributed by atoms with van der Waals surface area (Å²) in [5, 5.41) is 0. The van der Waals surface area contributed by atoms with Crippen LogP contribution in [0.15, 0.2) is 42.5 Å². The van der Waals surface area contributed by atoms with E-state index in [2.05, 4.69) is 6.92 Å². The topological polar surface area (TPSA) is 101 Å². The van der Waals surface area contributed by atoms with E-state index in [4.69, 9.17) is 29.9 Å². The van der Waals surface area contributed by atoms with Crippen LogP contribution in [0.4, 0.5) is 5.82 Å². The molecule has 178 valence electrons. The number of carbonyl (C=O) groups is 1. The molecule has 0 aliphatic rings. The normalized spacial score (nSPS) is 11.1. The molecule has 8 nitrogen and oxygen atoms in total.